The van der Waals surface area contributed by atoms with E-state index in [2.05, 4.69) is 26.1 Å². The number of nitrogens with one attached hydrogen (secondary N) is 1. The van der Waals surface area contributed by atoms with E-state index in [-0.39, 0.29) is 6.61 Å². The molecular formula is C22H22BrClN2O4. The van der Waals surface area contributed by atoms with Crippen LogP contribution in [0.2, 0.25) is 5.02 Å². The van der Waals surface area contributed by atoms with Crippen LogP contribution in [-0.4, -0.2) is 49.7 Å². The second-order valence-electron chi connectivity index (χ2n) is 6.75. The molecule has 2 aromatic carbocycles. The van der Waals surface area contributed by atoms with E-state index < -0.39 is 11.9 Å². The second-order valence-corrected chi connectivity index (χ2v) is 8.01. The maximum absolute atomic E-state index is 12.0. The first kappa shape index (κ1) is 22.5. The van der Waals surface area contributed by atoms with E-state index in [9.17, 15) is 9.59 Å². The van der Waals surface area contributed by atoms with Crippen molar-refractivity contribution >= 4 is 51.2 Å². The number of benzene rings is 2. The van der Waals surface area contributed by atoms with Crippen molar-refractivity contribution < 1.29 is 19.1 Å². The zero-order valence-corrected chi connectivity index (χ0v) is 18.6. The molecule has 0 atom stereocenters. The van der Waals surface area contributed by atoms with Crippen molar-refractivity contribution in [1.29, 1.82) is 0 Å². The Morgan fingerprint density at radius 3 is 2.60 bits per heavy atom. The van der Waals surface area contributed by atoms with Crippen molar-refractivity contribution in [3.8, 4) is 0 Å². The smallest absolute Gasteiger partial charge is 0.331 e. The Bertz CT molecular complexity index is 912. The fourth-order valence-electron chi connectivity index (χ4n) is 2.87. The summed E-state index contributed by atoms with van der Waals surface area (Å²) in [6, 6.07) is 12.9. The fraction of sp³-hybridized carbons (Fsp3) is 0.273. The third-order valence-electron chi connectivity index (χ3n) is 4.45. The van der Waals surface area contributed by atoms with Gasteiger partial charge in [0.25, 0.3) is 5.91 Å². The van der Waals surface area contributed by atoms with Crippen LogP contribution >= 0.6 is 27.5 Å². The molecule has 1 heterocycles. The molecular weight excluding hydrogens is 472 g/mol. The van der Waals surface area contributed by atoms with E-state index in [1.807, 2.05) is 24.3 Å². The van der Waals surface area contributed by atoms with E-state index >= 15 is 0 Å². The van der Waals surface area contributed by atoms with Crippen LogP contribution in [-0.2, 0) is 25.6 Å². The lowest BCUT2D eigenvalue weighted by Crippen LogP contribution is -2.35. The maximum Gasteiger partial charge on any atom is 0.331 e. The molecule has 0 radical (unpaired) electrons. The van der Waals surface area contributed by atoms with Gasteiger partial charge in [0.15, 0.2) is 6.61 Å². The quantitative estimate of drug-likeness (QED) is 0.464. The van der Waals surface area contributed by atoms with E-state index in [0.29, 0.717) is 10.7 Å². The molecule has 1 aliphatic rings. The van der Waals surface area contributed by atoms with Crippen LogP contribution in [0.1, 0.15) is 11.1 Å². The van der Waals surface area contributed by atoms with Crippen LogP contribution in [0.15, 0.2) is 53.0 Å². The summed E-state index contributed by atoms with van der Waals surface area (Å²) in [4.78, 5) is 26.2. The standard InChI is InChI=1S/C22H22BrClN2O4/c23-19-7-3-16(13-20(19)24)4-8-22(28)30-15-21(27)25-18-5-1-17(2-6-18)14-26-9-11-29-12-10-26/h1-8,13H,9-12,14-15H2,(H,25,27). The zero-order valence-electron chi connectivity index (χ0n) is 16.3. The number of amides is 1. The lowest BCUT2D eigenvalue weighted by Gasteiger charge is -2.26. The summed E-state index contributed by atoms with van der Waals surface area (Å²) in [5, 5.41) is 3.26. The van der Waals surface area contributed by atoms with Crippen LogP contribution < -0.4 is 5.32 Å². The van der Waals surface area contributed by atoms with E-state index in [4.69, 9.17) is 21.1 Å². The summed E-state index contributed by atoms with van der Waals surface area (Å²) < 4.78 is 11.1. The molecule has 30 heavy (non-hydrogen) atoms. The Kier molecular flexibility index (Phi) is 8.45. The number of ether oxygens (including phenoxy) is 2. The SMILES string of the molecule is O=C(COC(=O)C=Cc1ccc(Br)c(Cl)c1)Nc1ccc(CN2CCOCC2)cc1. The molecule has 0 bridgehead atoms. The number of rotatable bonds is 7. The van der Waals surface area contributed by atoms with Gasteiger partial charge >= 0.3 is 5.97 Å². The third-order valence-corrected chi connectivity index (χ3v) is 5.68. The van der Waals surface area contributed by atoms with Crippen LogP contribution in [0, 0.1) is 0 Å². The molecule has 0 saturated carbocycles. The number of morpholine rings is 1. The minimum absolute atomic E-state index is 0.361. The molecule has 1 fully saturated rings. The molecule has 8 heteroatoms. The molecule has 0 aromatic heterocycles. The van der Waals surface area contributed by atoms with Gasteiger partial charge in [0.1, 0.15) is 0 Å². The highest BCUT2D eigenvalue weighted by molar-refractivity contribution is 9.10. The Morgan fingerprint density at radius 2 is 1.90 bits per heavy atom. The highest BCUT2D eigenvalue weighted by atomic mass is 79.9. The van der Waals surface area contributed by atoms with Crippen LogP contribution in [0.4, 0.5) is 5.69 Å². The van der Waals surface area contributed by atoms with Gasteiger partial charge in [-0.25, -0.2) is 4.79 Å². The third kappa shape index (κ3) is 7.25. The molecule has 1 amide bonds. The number of halogens is 2. The molecule has 1 aliphatic heterocycles. The number of hydrogen-bond donors (Lipinski definition) is 1. The largest absolute Gasteiger partial charge is 0.452 e. The van der Waals surface area contributed by atoms with Crippen molar-refractivity contribution in [1.82, 2.24) is 4.90 Å². The van der Waals surface area contributed by atoms with E-state index in [1.165, 1.54) is 11.6 Å². The minimum atomic E-state index is -0.606. The highest BCUT2D eigenvalue weighted by Gasteiger charge is 2.11. The molecule has 3 rings (SSSR count). The molecule has 6 nitrogen and oxygen atoms in total. The van der Waals surface area contributed by atoms with Gasteiger partial charge in [-0.2, -0.15) is 0 Å². The van der Waals surface area contributed by atoms with Crippen molar-refractivity contribution in [2.75, 3.05) is 38.2 Å². The van der Waals surface area contributed by atoms with Crippen LogP contribution in [0.25, 0.3) is 6.08 Å². The van der Waals surface area contributed by atoms with Gasteiger partial charge in [-0.15, -0.1) is 0 Å². The van der Waals surface area contributed by atoms with Gasteiger partial charge in [-0.05, 0) is 57.4 Å². The number of carbonyl (C=O) groups excluding carboxylic acids is 2. The van der Waals surface area contributed by atoms with Gasteiger partial charge in [0.05, 0.1) is 18.2 Å². The molecule has 158 valence electrons. The zero-order chi connectivity index (χ0) is 21.3. The first-order chi connectivity index (χ1) is 14.5. The molecule has 0 aliphatic carbocycles. The van der Waals surface area contributed by atoms with E-state index in [0.717, 1.165) is 42.9 Å². The maximum atomic E-state index is 12.0. The summed E-state index contributed by atoms with van der Waals surface area (Å²) in [5.41, 5.74) is 2.57. The van der Waals surface area contributed by atoms with Crippen LogP contribution in [0.5, 0.6) is 0 Å². The van der Waals surface area contributed by atoms with Crippen molar-refractivity contribution in [2.24, 2.45) is 0 Å². The number of esters is 1. The Hall–Kier alpha value is -2.19. The molecule has 1 saturated heterocycles. The highest BCUT2D eigenvalue weighted by Crippen LogP contribution is 2.23. The summed E-state index contributed by atoms with van der Waals surface area (Å²) in [7, 11) is 0. The van der Waals surface area contributed by atoms with Gasteiger partial charge in [-0.3, -0.25) is 9.69 Å². The number of nitrogens with zero attached hydrogens (tertiary/aromatic N) is 1. The molecule has 1 N–H and O–H groups in total. The molecule has 2 aromatic rings. The Labute approximate surface area is 188 Å². The summed E-state index contributed by atoms with van der Waals surface area (Å²) in [6.45, 7) is 3.86. The predicted molar refractivity (Wildman–Crippen MR) is 120 cm³/mol. The topological polar surface area (TPSA) is 67.9 Å². The van der Waals surface area contributed by atoms with Crippen LogP contribution in [0.3, 0.4) is 0 Å². The average Bonchev–Trinajstić information content (AvgIpc) is 2.75. The average molecular weight is 494 g/mol. The van der Waals surface area contributed by atoms with Crippen molar-refractivity contribution in [3.05, 3.63) is 69.2 Å². The first-order valence-corrected chi connectivity index (χ1v) is 10.7. The number of anilines is 1. The van der Waals surface area contributed by atoms with Crippen molar-refractivity contribution in [2.45, 2.75) is 6.54 Å². The Balaban J connectivity index is 1.41. The summed E-state index contributed by atoms with van der Waals surface area (Å²) >= 11 is 9.31. The normalized spacial score (nSPS) is 14.6. The monoisotopic (exact) mass is 492 g/mol. The molecule has 0 unspecified atom stereocenters. The minimum Gasteiger partial charge on any atom is -0.452 e. The molecule has 0 spiro atoms. The first-order valence-electron chi connectivity index (χ1n) is 9.48. The van der Waals surface area contributed by atoms with Crippen molar-refractivity contribution in [3.63, 3.8) is 0 Å². The van der Waals surface area contributed by atoms with Gasteiger partial charge < -0.3 is 14.8 Å². The second kappa shape index (κ2) is 11.3. The predicted octanol–water partition coefficient (Wildman–Crippen LogP) is 4.13. The lowest BCUT2D eigenvalue weighted by molar-refractivity contribution is -0.142. The number of carbonyl (C=O) groups is 2. The summed E-state index contributed by atoms with van der Waals surface area (Å²) in [5.74, 6) is -1.01. The van der Waals surface area contributed by atoms with Gasteiger partial charge in [0.2, 0.25) is 0 Å². The van der Waals surface area contributed by atoms with Gasteiger partial charge in [0, 0.05) is 35.9 Å². The van der Waals surface area contributed by atoms with Gasteiger partial charge in [-0.1, -0.05) is 29.8 Å². The number of hydrogen-bond acceptors (Lipinski definition) is 5. The summed E-state index contributed by atoms with van der Waals surface area (Å²) in [6.07, 6.45) is 2.83. The Morgan fingerprint density at radius 1 is 1.17 bits per heavy atom. The fourth-order valence-corrected chi connectivity index (χ4v) is 3.31. The van der Waals surface area contributed by atoms with E-state index in [1.54, 1.807) is 24.3 Å². The lowest BCUT2D eigenvalue weighted by atomic mass is 10.2.